The number of nitrogens with one attached hydrogen (secondary N) is 2. The first-order valence-corrected chi connectivity index (χ1v) is 9.09. The van der Waals surface area contributed by atoms with E-state index in [1.165, 1.54) is 6.20 Å². The maximum atomic E-state index is 9.20. The molecule has 0 spiro atoms. The van der Waals surface area contributed by atoms with Crippen LogP contribution < -0.4 is 15.4 Å². The molecular weight excluding hydrogens is 356 g/mol. The highest BCUT2D eigenvalue weighted by molar-refractivity contribution is 5.94. The normalized spacial score (nSPS) is 11.6. The molecule has 0 aliphatic rings. The molecule has 8 heteroatoms. The number of aromatic nitrogens is 3. The predicted molar refractivity (Wildman–Crippen MR) is 108 cm³/mol. The predicted octanol–water partition coefficient (Wildman–Crippen LogP) is 3.22. The summed E-state index contributed by atoms with van der Waals surface area (Å²) in [5, 5.41) is 26.4. The third kappa shape index (κ3) is 4.45. The summed E-state index contributed by atoms with van der Waals surface area (Å²) in [7, 11) is 0. The number of benzene rings is 1. The maximum absolute atomic E-state index is 9.20. The van der Waals surface area contributed by atoms with Crippen LogP contribution in [0.3, 0.4) is 0 Å². The molecule has 1 unspecified atom stereocenters. The molecule has 28 heavy (non-hydrogen) atoms. The van der Waals surface area contributed by atoms with E-state index in [1.54, 1.807) is 6.20 Å². The number of hydrogen-bond donors (Lipinski definition) is 3. The molecule has 0 aliphatic heterocycles. The van der Waals surface area contributed by atoms with Gasteiger partial charge in [-0.1, -0.05) is 19.1 Å². The monoisotopic (exact) mass is 378 g/mol. The van der Waals surface area contributed by atoms with E-state index in [0.717, 1.165) is 22.9 Å². The third-order valence-corrected chi connectivity index (χ3v) is 4.18. The summed E-state index contributed by atoms with van der Waals surface area (Å²) in [4.78, 5) is 12.9. The van der Waals surface area contributed by atoms with Gasteiger partial charge in [-0.3, -0.25) is 0 Å². The molecule has 0 saturated heterocycles. The highest BCUT2D eigenvalue weighted by atomic mass is 16.5. The first-order chi connectivity index (χ1) is 13.6. The van der Waals surface area contributed by atoms with Gasteiger partial charge < -0.3 is 20.5 Å². The number of nitrogens with zero attached hydrogens (tertiary/aromatic N) is 4. The zero-order chi connectivity index (χ0) is 19.9. The van der Waals surface area contributed by atoms with Crippen LogP contribution in [0, 0.1) is 11.3 Å². The summed E-state index contributed by atoms with van der Waals surface area (Å²) >= 11 is 0. The molecule has 1 atom stereocenters. The first-order valence-electron chi connectivity index (χ1n) is 9.09. The number of fused-ring (bicyclic) bond motifs is 1. The number of anilines is 3. The zero-order valence-corrected chi connectivity index (χ0v) is 15.8. The SMILES string of the molecule is CCC(C)Oc1nc(Nc2cc3cccc(NCCO)c3cn2)cnc1C#N. The Morgan fingerprint density at radius 2 is 2.11 bits per heavy atom. The van der Waals surface area contributed by atoms with Crippen molar-refractivity contribution in [2.24, 2.45) is 0 Å². The lowest BCUT2D eigenvalue weighted by Crippen LogP contribution is -2.13. The van der Waals surface area contributed by atoms with Gasteiger partial charge in [0.1, 0.15) is 11.9 Å². The van der Waals surface area contributed by atoms with Crippen LogP contribution >= 0.6 is 0 Å². The van der Waals surface area contributed by atoms with Gasteiger partial charge >= 0.3 is 0 Å². The Labute approximate surface area is 163 Å². The fourth-order valence-electron chi connectivity index (χ4n) is 2.58. The molecule has 3 N–H and O–H groups in total. The van der Waals surface area contributed by atoms with E-state index in [4.69, 9.17) is 9.84 Å². The summed E-state index contributed by atoms with van der Waals surface area (Å²) in [5.74, 6) is 1.25. The van der Waals surface area contributed by atoms with Crippen molar-refractivity contribution in [3.8, 4) is 11.9 Å². The smallest absolute Gasteiger partial charge is 0.253 e. The molecule has 0 bridgehead atoms. The van der Waals surface area contributed by atoms with Crippen LogP contribution in [0.15, 0.2) is 36.7 Å². The van der Waals surface area contributed by atoms with Gasteiger partial charge in [-0.2, -0.15) is 10.2 Å². The van der Waals surface area contributed by atoms with Crippen molar-refractivity contribution in [3.05, 3.63) is 42.4 Å². The van der Waals surface area contributed by atoms with E-state index in [9.17, 15) is 5.26 Å². The Kier molecular flexibility index (Phi) is 6.19. The molecule has 2 heterocycles. The van der Waals surface area contributed by atoms with E-state index >= 15 is 0 Å². The molecule has 2 aromatic heterocycles. The largest absolute Gasteiger partial charge is 0.473 e. The van der Waals surface area contributed by atoms with Crippen LogP contribution in [0.5, 0.6) is 5.88 Å². The van der Waals surface area contributed by atoms with Crippen molar-refractivity contribution in [1.82, 2.24) is 15.0 Å². The molecule has 0 saturated carbocycles. The van der Waals surface area contributed by atoms with Crippen molar-refractivity contribution in [3.63, 3.8) is 0 Å². The van der Waals surface area contributed by atoms with Gasteiger partial charge in [-0.25, -0.2) is 9.97 Å². The highest BCUT2D eigenvalue weighted by Gasteiger charge is 2.12. The van der Waals surface area contributed by atoms with E-state index in [0.29, 0.717) is 18.2 Å². The number of aliphatic hydroxyl groups is 1. The molecule has 8 nitrogen and oxygen atoms in total. The molecule has 0 radical (unpaired) electrons. The van der Waals surface area contributed by atoms with Crippen molar-refractivity contribution < 1.29 is 9.84 Å². The number of rotatable bonds is 8. The number of hydrogen-bond acceptors (Lipinski definition) is 8. The number of aliphatic hydroxyl groups excluding tert-OH is 1. The minimum Gasteiger partial charge on any atom is -0.473 e. The topological polar surface area (TPSA) is 116 Å². The lowest BCUT2D eigenvalue weighted by atomic mass is 10.1. The summed E-state index contributed by atoms with van der Waals surface area (Å²) in [6.07, 6.45) is 3.96. The van der Waals surface area contributed by atoms with Gasteiger partial charge in [0, 0.05) is 23.8 Å². The number of ether oxygens (including phenoxy) is 1. The summed E-state index contributed by atoms with van der Waals surface area (Å²) in [6.45, 7) is 4.44. The summed E-state index contributed by atoms with van der Waals surface area (Å²) in [5.41, 5.74) is 1.06. The average Bonchev–Trinajstić information content (AvgIpc) is 2.72. The second kappa shape index (κ2) is 8.97. The van der Waals surface area contributed by atoms with Crippen LogP contribution in [0.4, 0.5) is 17.3 Å². The summed E-state index contributed by atoms with van der Waals surface area (Å²) < 4.78 is 5.70. The Balaban J connectivity index is 1.86. The summed E-state index contributed by atoms with van der Waals surface area (Å²) in [6, 6.07) is 9.75. The highest BCUT2D eigenvalue weighted by Crippen LogP contribution is 2.26. The molecule has 3 aromatic rings. The van der Waals surface area contributed by atoms with Crippen molar-refractivity contribution in [2.45, 2.75) is 26.4 Å². The molecule has 0 amide bonds. The van der Waals surface area contributed by atoms with Gasteiger partial charge in [-0.05, 0) is 30.9 Å². The van der Waals surface area contributed by atoms with Crippen molar-refractivity contribution in [2.75, 3.05) is 23.8 Å². The third-order valence-electron chi connectivity index (χ3n) is 4.18. The van der Waals surface area contributed by atoms with Crippen LogP contribution in [0.1, 0.15) is 26.0 Å². The fourth-order valence-corrected chi connectivity index (χ4v) is 2.58. The van der Waals surface area contributed by atoms with Gasteiger partial charge in [0.05, 0.1) is 18.9 Å². The standard InChI is InChI=1S/C20H22N6O2/c1-3-13(2)28-20-17(10-21)23-12-19(26-20)25-18-9-14-5-4-6-16(22-7-8-27)15(14)11-24-18/h4-6,9,11-13,22,27H,3,7-8H2,1-2H3,(H,24,25,26). The second-order valence-corrected chi connectivity index (χ2v) is 6.23. The fraction of sp³-hybridized carbons (Fsp3) is 0.300. The molecule has 144 valence electrons. The molecular formula is C20H22N6O2. The van der Waals surface area contributed by atoms with Crippen LogP contribution in [0.25, 0.3) is 10.8 Å². The zero-order valence-electron chi connectivity index (χ0n) is 15.8. The van der Waals surface area contributed by atoms with Gasteiger partial charge in [0.2, 0.25) is 5.69 Å². The van der Waals surface area contributed by atoms with Crippen molar-refractivity contribution >= 4 is 28.1 Å². The first kappa shape index (κ1) is 19.3. The van der Waals surface area contributed by atoms with Crippen molar-refractivity contribution in [1.29, 1.82) is 5.26 Å². The number of nitriles is 1. The van der Waals surface area contributed by atoms with Crippen LogP contribution in [-0.2, 0) is 0 Å². The second-order valence-electron chi connectivity index (χ2n) is 6.23. The van der Waals surface area contributed by atoms with E-state index in [1.807, 2.05) is 44.2 Å². The Morgan fingerprint density at radius 1 is 1.25 bits per heavy atom. The Bertz CT molecular complexity index is 1000. The van der Waals surface area contributed by atoms with Gasteiger partial charge in [0.25, 0.3) is 5.88 Å². The Hall–Kier alpha value is -3.44. The van der Waals surface area contributed by atoms with Gasteiger partial charge in [-0.15, -0.1) is 0 Å². The van der Waals surface area contributed by atoms with E-state index in [-0.39, 0.29) is 24.3 Å². The molecule has 0 fully saturated rings. The molecule has 0 aliphatic carbocycles. The van der Waals surface area contributed by atoms with E-state index < -0.39 is 0 Å². The molecule has 3 rings (SSSR count). The van der Waals surface area contributed by atoms with E-state index in [2.05, 4.69) is 25.6 Å². The van der Waals surface area contributed by atoms with Crippen LogP contribution in [0.2, 0.25) is 0 Å². The average molecular weight is 378 g/mol. The van der Waals surface area contributed by atoms with Crippen LogP contribution in [-0.4, -0.2) is 39.3 Å². The lowest BCUT2D eigenvalue weighted by molar-refractivity contribution is 0.207. The minimum absolute atomic E-state index is 0.0574. The lowest BCUT2D eigenvalue weighted by Gasteiger charge is -2.14. The maximum Gasteiger partial charge on any atom is 0.253 e. The number of pyridine rings is 1. The quantitative estimate of drug-likeness (QED) is 0.547. The Morgan fingerprint density at radius 3 is 2.86 bits per heavy atom. The minimum atomic E-state index is -0.0692. The molecule has 1 aromatic carbocycles. The van der Waals surface area contributed by atoms with Gasteiger partial charge in [0.15, 0.2) is 5.82 Å².